The van der Waals surface area contributed by atoms with Gasteiger partial charge in [-0.15, -0.1) is 0 Å². The average molecular weight is 229 g/mol. The number of aliphatic hydroxyl groups is 1. The molecule has 1 unspecified atom stereocenters. The van der Waals surface area contributed by atoms with Crippen LogP contribution in [0.1, 0.15) is 59.8 Å². The Balaban J connectivity index is 4.67. The van der Waals surface area contributed by atoms with Crippen LogP contribution in [0.25, 0.3) is 0 Å². The van der Waals surface area contributed by atoms with E-state index in [0.29, 0.717) is 5.92 Å². The first kappa shape index (κ1) is 15.9. The predicted octanol–water partition coefficient (Wildman–Crippen LogP) is 3.29. The number of rotatable bonds is 8. The molecule has 0 spiro atoms. The van der Waals surface area contributed by atoms with Gasteiger partial charge in [-0.05, 0) is 39.3 Å². The summed E-state index contributed by atoms with van der Waals surface area (Å²) >= 11 is 0. The molecular formula is C14H31NO. The Bertz CT molecular complexity index is 172. The van der Waals surface area contributed by atoms with Crippen molar-refractivity contribution in [3.8, 4) is 0 Å². The lowest BCUT2D eigenvalue weighted by molar-refractivity contribution is -0.0267. The predicted molar refractivity (Wildman–Crippen MR) is 71.7 cm³/mol. The van der Waals surface area contributed by atoms with Gasteiger partial charge in [0.25, 0.3) is 0 Å². The molecule has 98 valence electrons. The first-order chi connectivity index (χ1) is 7.48. The van der Waals surface area contributed by atoms with Crippen molar-refractivity contribution in [2.75, 3.05) is 14.1 Å². The van der Waals surface area contributed by atoms with E-state index in [1.807, 2.05) is 0 Å². The fourth-order valence-corrected chi connectivity index (χ4v) is 2.81. The fraction of sp³-hybridized carbons (Fsp3) is 1.00. The van der Waals surface area contributed by atoms with Crippen LogP contribution in [0.4, 0.5) is 0 Å². The monoisotopic (exact) mass is 229 g/mol. The molecule has 1 N–H and O–H groups in total. The fourth-order valence-electron chi connectivity index (χ4n) is 2.81. The topological polar surface area (TPSA) is 23.5 Å². The minimum atomic E-state index is -0.206. The van der Waals surface area contributed by atoms with Gasteiger partial charge in [0.15, 0.2) is 0 Å². The second kappa shape index (κ2) is 7.29. The molecule has 0 rings (SSSR count). The van der Waals surface area contributed by atoms with Crippen molar-refractivity contribution in [1.29, 1.82) is 0 Å². The van der Waals surface area contributed by atoms with Crippen LogP contribution < -0.4 is 0 Å². The van der Waals surface area contributed by atoms with Crippen molar-refractivity contribution in [3.63, 3.8) is 0 Å². The van der Waals surface area contributed by atoms with Gasteiger partial charge in [-0.3, -0.25) is 0 Å². The van der Waals surface area contributed by atoms with Crippen LogP contribution in [0.3, 0.4) is 0 Å². The van der Waals surface area contributed by atoms with E-state index in [-0.39, 0.29) is 11.6 Å². The third kappa shape index (κ3) is 3.46. The third-order valence-corrected chi connectivity index (χ3v) is 4.45. The van der Waals surface area contributed by atoms with Crippen LogP contribution >= 0.6 is 0 Å². The maximum atomic E-state index is 10.5. The maximum Gasteiger partial charge on any atom is 0.0726 e. The summed E-state index contributed by atoms with van der Waals surface area (Å²) in [5, 5.41) is 10.5. The zero-order chi connectivity index (χ0) is 12.8. The van der Waals surface area contributed by atoms with Gasteiger partial charge in [-0.25, -0.2) is 0 Å². The molecule has 0 aliphatic carbocycles. The molecule has 0 saturated heterocycles. The number of aliphatic hydroxyl groups excluding tert-OH is 1. The van der Waals surface area contributed by atoms with Gasteiger partial charge < -0.3 is 10.0 Å². The van der Waals surface area contributed by atoms with Gasteiger partial charge in [0, 0.05) is 5.54 Å². The summed E-state index contributed by atoms with van der Waals surface area (Å²) in [6, 6.07) is 0. The molecule has 0 fully saturated rings. The van der Waals surface area contributed by atoms with E-state index in [0.717, 1.165) is 19.3 Å². The van der Waals surface area contributed by atoms with Crippen LogP contribution in [-0.2, 0) is 0 Å². The number of likely N-dealkylation sites (N-methyl/N-ethyl adjacent to an activating group) is 1. The Morgan fingerprint density at radius 2 is 1.44 bits per heavy atom. The lowest BCUT2D eigenvalue weighted by Gasteiger charge is -2.43. The summed E-state index contributed by atoms with van der Waals surface area (Å²) in [6.45, 7) is 8.80. The molecule has 2 nitrogen and oxygen atoms in total. The molecule has 2 heteroatoms. The Morgan fingerprint density at radius 1 is 1.00 bits per heavy atom. The van der Waals surface area contributed by atoms with Gasteiger partial charge in [0.1, 0.15) is 0 Å². The highest BCUT2D eigenvalue weighted by atomic mass is 16.3. The Kier molecular flexibility index (Phi) is 7.25. The summed E-state index contributed by atoms with van der Waals surface area (Å²) in [7, 11) is 4.17. The van der Waals surface area contributed by atoms with Crippen molar-refractivity contribution in [1.82, 2.24) is 4.90 Å². The molecule has 0 aromatic rings. The largest absolute Gasteiger partial charge is 0.391 e. The van der Waals surface area contributed by atoms with E-state index in [2.05, 4.69) is 46.7 Å². The molecule has 0 amide bonds. The lowest BCUT2D eigenvalue weighted by atomic mass is 9.80. The van der Waals surface area contributed by atoms with Crippen LogP contribution in [-0.4, -0.2) is 35.7 Å². The van der Waals surface area contributed by atoms with Gasteiger partial charge >= 0.3 is 0 Å². The highest BCUT2D eigenvalue weighted by molar-refractivity contribution is 4.93. The smallest absolute Gasteiger partial charge is 0.0726 e. The van der Waals surface area contributed by atoms with Crippen LogP contribution in [0.5, 0.6) is 0 Å². The maximum absolute atomic E-state index is 10.5. The summed E-state index contributed by atoms with van der Waals surface area (Å²) in [5.74, 6) is 0.660. The van der Waals surface area contributed by atoms with Gasteiger partial charge in [0.05, 0.1) is 6.10 Å². The second-order valence-electron chi connectivity index (χ2n) is 5.14. The van der Waals surface area contributed by atoms with Gasteiger partial charge in [0.2, 0.25) is 0 Å². The number of hydrogen-bond acceptors (Lipinski definition) is 2. The SMILES string of the molecule is CCC(CC)CC(O)C(CC)(CC)N(C)C. The number of nitrogens with zero attached hydrogens (tertiary/aromatic N) is 1. The molecule has 0 saturated carbocycles. The standard InChI is InChI=1S/C14H31NO/c1-7-12(8-2)11-13(16)14(9-3,10-4)15(5)6/h12-13,16H,7-11H2,1-6H3. The van der Waals surface area contributed by atoms with E-state index in [1.165, 1.54) is 12.8 Å². The molecule has 16 heavy (non-hydrogen) atoms. The zero-order valence-electron chi connectivity index (χ0n) is 12.1. The first-order valence-electron chi connectivity index (χ1n) is 6.83. The van der Waals surface area contributed by atoms with E-state index < -0.39 is 0 Å². The highest BCUT2D eigenvalue weighted by Crippen LogP contribution is 2.30. The van der Waals surface area contributed by atoms with E-state index >= 15 is 0 Å². The molecule has 0 bridgehead atoms. The van der Waals surface area contributed by atoms with E-state index in [1.54, 1.807) is 0 Å². The third-order valence-electron chi connectivity index (χ3n) is 4.45. The summed E-state index contributed by atoms with van der Waals surface area (Å²) in [5.41, 5.74) is -0.0391. The molecule has 0 aliphatic heterocycles. The van der Waals surface area contributed by atoms with Crippen molar-refractivity contribution in [2.24, 2.45) is 5.92 Å². The molecular weight excluding hydrogens is 198 g/mol. The molecule has 0 aromatic carbocycles. The zero-order valence-corrected chi connectivity index (χ0v) is 12.1. The van der Waals surface area contributed by atoms with Crippen molar-refractivity contribution in [3.05, 3.63) is 0 Å². The number of hydrogen-bond donors (Lipinski definition) is 1. The average Bonchev–Trinajstić information content (AvgIpc) is 2.27. The van der Waals surface area contributed by atoms with Crippen molar-refractivity contribution >= 4 is 0 Å². The highest BCUT2D eigenvalue weighted by Gasteiger charge is 2.37. The lowest BCUT2D eigenvalue weighted by Crippen LogP contribution is -2.53. The van der Waals surface area contributed by atoms with Crippen molar-refractivity contribution in [2.45, 2.75) is 71.4 Å². The van der Waals surface area contributed by atoms with E-state index in [4.69, 9.17) is 0 Å². The Hall–Kier alpha value is -0.0800. The molecule has 0 aliphatic rings. The quantitative estimate of drug-likeness (QED) is 0.690. The first-order valence-corrected chi connectivity index (χ1v) is 6.83. The van der Waals surface area contributed by atoms with Crippen LogP contribution in [0.15, 0.2) is 0 Å². The van der Waals surface area contributed by atoms with Gasteiger partial charge in [-0.2, -0.15) is 0 Å². The summed E-state index contributed by atoms with van der Waals surface area (Å²) in [4.78, 5) is 2.21. The minimum absolute atomic E-state index is 0.0391. The molecule has 1 atom stereocenters. The van der Waals surface area contributed by atoms with Crippen LogP contribution in [0.2, 0.25) is 0 Å². The summed E-state index contributed by atoms with van der Waals surface area (Å²) < 4.78 is 0. The molecule has 0 heterocycles. The van der Waals surface area contributed by atoms with Crippen LogP contribution in [0, 0.1) is 5.92 Å². The summed E-state index contributed by atoms with van der Waals surface area (Å²) in [6.07, 6.45) is 5.10. The van der Waals surface area contributed by atoms with Crippen molar-refractivity contribution < 1.29 is 5.11 Å². The molecule has 0 radical (unpaired) electrons. The molecule has 0 aromatic heterocycles. The Morgan fingerprint density at radius 3 is 1.69 bits per heavy atom. The normalized spacial score (nSPS) is 14.8. The minimum Gasteiger partial charge on any atom is -0.391 e. The van der Waals surface area contributed by atoms with E-state index in [9.17, 15) is 5.11 Å². The second-order valence-corrected chi connectivity index (χ2v) is 5.14. The van der Waals surface area contributed by atoms with Gasteiger partial charge in [-0.1, -0.05) is 40.5 Å². The Labute approximate surface area is 102 Å².